The molecule has 2 rings (SSSR count). The molecule has 1 N–H and O–H groups in total. The molecule has 1 aromatic carbocycles. The molecule has 0 saturated carbocycles. The topological polar surface area (TPSA) is 42.1 Å². The molecule has 88 valence electrons. The van der Waals surface area contributed by atoms with Crippen molar-refractivity contribution in [1.29, 1.82) is 0 Å². The molecule has 0 aliphatic carbocycles. The normalized spacial score (nSPS) is 10.3. The molecule has 0 radical (unpaired) electrons. The summed E-state index contributed by atoms with van der Waals surface area (Å²) in [5, 5.41) is 0. The third-order valence-corrected chi connectivity index (χ3v) is 2.22. The minimum Gasteiger partial charge on any atom is -0.355 e. The van der Waals surface area contributed by atoms with Crippen LogP contribution in [0.5, 0.6) is 0 Å². The van der Waals surface area contributed by atoms with E-state index in [9.17, 15) is 18.1 Å². The van der Waals surface area contributed by atoms with Crippen LogP contribution in [-0.4, -0.2) is 11.0 Å². The van der Waals surface area contributed by atoms with Gasteiger partial charge in [-0.15, -0.1) is 0 Å². The van der Waals surface area contributed by atoms with Crippen LogP contribution in [-0.2, 0) is 4.94 Å². The van der Waals surface area contributed by atoms with Gasteiger partial charge in [0.15, 0.2) is 0 Å². The van der Waals surface area contributed by atoms with Gasteiger partial charge in [0.2, 0.25) is 0 Å². The van der Waals surface area contributed by atoms with Gasteiger partial charge in [-0.05, 0) is 18.2 Å². The number of nitrogens with one attached hydrogen (secondary N) is 1. The van der Waals surface area contributed by atoms with E-state index in [0.29, 0.717) is 5.56 Å². The number of hydrogen-bond donors (Lipinski definition) is 1. The predicted molar refractivity (Wildman–Crippen MR) is 52.7 cm³/mol. The third-order valence-electron chi connectivity index (χ3n) is 2.22. The van der Waals surface area contributed by atoms with Crippen molar-refractivity contribution in [2.75, 3.05) is 0 Å². The molecule has 0 atom stereocenters. The molecule has 0 aliphatic heterocycles. The molecule has 3 nitrogen and oxygen atoms in total. The number of hydrogen-bond acceptors (Lipinski definition) is 2. The second-order valence-corrected chi connectivity index (χ2v) is 3.29. The Kier molecular flexibility index (Phi) is 2.86. The maximum absolute atomic E-state index is 13.4. The van der Waals surface area contributed by atoms with E-state index < -0.39 is 17.6 Å². The molecule has 0 amide bonds. The molecule has 1 heterocycles. The van der Waals surface area contributed by atoms with Crippen molar-refractivity contribution in [3.05, 3.63) is 47.8 Å². The molecule has 2 aromatic rings. The molecule has 1 aromatic heterocycles. The summed E-state index contributed by atoms with van der Waals surface area (Å²) >= 11 is 0. The number of carbonyl (C=O) groups excluding carboxylic acids is 1. The first-order valence-corrected chi connectivity index (χ1v) is 4.58. The number of H-pyrrole nitrogens is 1. The second kappa shape index (κ2) is 4.32. The zero-order chi connectivity index (χ0) is 12.4. The molecule has 0 aliphatic rings. The fraction of sp³-hybridized carbons (Fsp3) is 0. The second-order valence-electron chi connectivity index (χ2n) is 3.29. The fourth-order valence-electron chi connectivity index (χ4n) is 1.43. The fourth-order valence-corrected chi connectivity index (χ4v) is 1.43. The van der Waals surface area contributed by atoms with Crippen molar-refractivity contribution < 1.29 is 23.0 Å². The van der Waals surface area contributed by atoms with Crippen LogP contribution in [0.1, 0.15) is 10.5 Å². The van der Waals surface area contributed by atoms with Crippen LogP contribution in [0, 0.1) is 11.6 Å². The van der Waals surface area contributed by atoms with Crippen LogP contribution in [0.2, 0.25) is 0 Å². The van der Waals surface area contributed by atoms with Gasteiger partial charge in [-0.3, -0.25) is 0 Å². The van der Waals surface area contributed by atoms with Gasteiger partial charge in [0.25, 0.3) is 0 Å². The van der Waals surface area contributed by atoms with Gasteiger partial charge in [0.1, 0.15) is 17.3 Å². The van der Waals surface area contributed by atoms with Crippen LogP contribution >= 0.6 is 0 Å². The number of benzene rings is 1. The number of carbonyl (C=O) groups is 1. The van der Waals surface area contributed by atoms with Gasteiger partial charge in [0, 0.05) is 27.9 Å². The molecule has 0 saturated heterocycles. The molecule has 0 fully saturated rings. The van der Waals surface area contributed by atoms with Gasteiger partial charge in [-0.2, -0.15) is 0 Å². The molecule has 0 unspecified atom stereocenters. The zero-order valence-electron chi connectivity index (χ0n) is 8.34. The summed E-state index contributed by atoms with van der Waals surface area (Å²) in [5.41, 5.74) is 0.231. The summed E-state index contributed by atoms with van der Waals surface area (Å²) in [5.74, 6) is -2.69. The summed E-state index contributed by atoms with van der Waals surface area (Å²) in [6.07, 6.45) is 1.29. The summed E-state index contributed by atoms with van der Waals surface area (Å²) in [6, 6.07) is 4.23. The summed E-state index contributed by atoms with van der Waals surface area (Å²) in [4.78, 5) is 16.2. The van der Waals surface area contributed by atoms with Gasteiger partial charge in [0.05, 0.1) is 0 Å². The van der Waals surface area contributed by atoms with Crippen molar-refractivity contribution in [3.8, 4) is 11.1 Å². The third kappa shape index (κ3) is 2.15. The van der Waals surface area contributed by atoms with E-state index in [-0.39, 0.29) is 11.3 Å². The van der Waals surface area contributed by atoms with E-state index in [4.69, 9.17) is 0 Å². The van der Waals surface area contributed by atoms with E-state index in [1.165, 1.54) is 18.3 Å². The average Bonchev–Trinajstić information content (AvgIpc) is 2.77. The molecule has 0 spiro atoms. The lowest BCUT2D eigenvalue weighted by molar-refractivity contribution is -0.0792. The lowest BCUT2D eigenvalue weighted by Gasteiger charge is -1.99. The lowest BCUT2D eigenvalue weighted by atomic mass is 10.1. The minimum atomic E-state index is -1.21. The Morgan fingerprint density at radius 1 is 1.24 bits per heavy atom. The lowest BCUT2D eigenvalue weighted by Crippen LogP contribution is -1.97. The summed E-state index contributed by atoms with van der Waals surface area (Å²) in [6.45, 7) is 0. The van der Waals surface area contributed by atoms with Gasteiger partial charge >= 0.3 is 5.97 Å². The van der Waals surface area contributed by atoms with Crippen molar-refractivity contribution in [2.24, 2.45) is 0 Å². The summed E-state index contributed by atoms with van der Waals surface area (Å²) in [7, 11) is 0. The number of rotatable bonds is 2. The van der Waals surface area contributed by atoms with Crippen LogP contribution in [0.4, 0.5) is 13.3 Å². The maximum atomic E-state index is 13.4. The minimum absolute atomic E-state index is 0.0977. The standard InChI is InChI=1S/C11H6F3NO2/c12-7-1-2-8(9(13)4-7)6-3-10(15-5-6)11(16)17-14/h1-5,15H. The molecule has 0 bridgehead atoms. The van der Waals surface area contributed by atoms with Crippen LogP contribution < -0.4 is 0 Å². The van der Waals surface area contributed by atoms with E-state index in [0.717, 1.165) is 12.1 Å². The van der Waals surface area contributed by atoms with Crippen molar-refractivity contribution in [1.82, 2.24) is 4.98 Å². The van der Waals surface area contributed by atoms with Crippen LogP contribution in [0.15, 0.2) is 30.5 Å². The van der Waals surface area contributed by atoms with Crippen LogP contribution in [0.25, 0.3) is 11.1 Å². The van der Waals surface area contributed by atoms with Gasteiger partial charge in [-0.1, -0.05) is 0 Å². The molecular weight excluding hydrogens is 235 g/mol. The van der Waals surface area contributed by atoms with Gasteiger partial charge < -0.3 is 4.98 Å². The van der Waals surface area contributed by atoms with Crippen molar-refractivity contribution in [3.63, 3.8) is 0 Å². The summed E-state index contributed by atoms with van der Waals surface area (Å²) < 4.78 is 37.7. The first kappa shape index (κ1) is 11.3. The molecule has 17 heavy (non-hydrogen) atoms. The smallest absolute Gasteiger partial charge is 0.355 e. The molecule has 6 heteroatoms. The first-order valence-electron chi connectivity index (χ1n) is 4.58. The Morgan fingerprint density at radius 2 is 2.00 bits per heavy atom. The SMILES string of the molecule is O=C(OF)c1cc(-c2ccc(F)cc2F)c[nH]1. The average molecular weight is 241 g/mol. The highest BCUT2D eigenvalue weighted by molar-refractivity contribution is 5.89. The maximum Gasteiger partial charge on any atom is 0.395 e. The first-order chi connectivity index (χ1) is 8.11. The highest BCUT2D eigenvalue weighted by atomic mass is 19.3. The van der Waals surface area contributed by atoms with Crippen LogP contribution in [0.3, 0.4) is 0 Å². The Bertz CT molecular complexity index is 566. The van der Waals surface area contributed by atoms with Crippen molar-refractivity contribution in [2.45, 2.75) is 0 Å². The number of aromatic amines is 1. The Hall–Kier alpha value is -2.24. The van der Waals surface area contributed by atoms with E-state index in [1.807, 2.05) is 0 Å². The predicted octanol–water partition coefficient (Wildman–Crippen LogP) is 3.00. The highest BCUT2D eigenvalue weighted by Gasteiger charge is 2.13. The van der Waals surface area contributed by atoms with Gasteiger partial charge in [-0.25, -0.2) is 18.5 Å². The Labute approximate surface area is 93.7 Å². The Balaban J connectivity index is 2.40. The van der Waals surface area contributed by atoms with Crippen molar-refractivity contribution >= 4 is 5.97 Å². The van der Waals surface area contributed by atoms with E-state index in [2.05, 4.69) is 9.93 Å². The van der Waals surface area contributed by atoms with E-state index in [1.54, 1.807) is 0 Å². The van der Waals surface area contributed by atoms with E-state index >= 15 is 0 Å². The monoisotopic (exact) mass is 241 g/mol. The zero-order valence-corrected chi connectivity index (χ0v) is 8.34. The highest BCUT2D eigenvalue weighted by Crippen LogP contribution is 2.24. The largest absolute Gasteiger partial charge is 0.395 e. The number of aromatic nitrogens is 1. The Morgan fingerprint density at radius 3 is 2.65 bits per heavy atom. The quantitative estimate of drug-likeness (QED) is 0.878. The molecular formula is C11H6F3NO2. The number of halogens is 3.